The van der Waals surface area contributed by atoms with E-state index in [9.17, 15) is 0 Å². The summed E-state index contributed by atoms with van der Waals surface area (Å²) < 4.78 is 1.62. The molecule has 56 valence electrons. The number of hydrogen-bond acceptors (Lipinski definition) is 3. The van der Waals surface area contributed by atoms with Gasteiger partial charge < -0.3 is 5.73 Å². The van der Waals surface area contributed by atoms with E-state index in [-0.39, 0.29) is 0 Å². The zero-order valence-electron chi connectivity index (χ0n) is 5.53. The SMILES string of the molecule is Nc1ccc(Cl)n2cnnc12. The molecule has 0 spiro atoms. The van der Waals surface area contributed by atoms with E-state index in [0.29, 0.717) is 16.5 Å². The predicted molar refractivity (Wildman–Crippen MR) is 42.4 cm³/mol. The molecule has 0 bridgehead atoms. The average molecular weight is 169 g/mol. The van der Waals surface area contributed by atoms with Crippen LogP contribution in [0.3, 0.4) is 0 Å². The molecule has 0 amide bonds. The molecule has 5 heteroatoms. The van der Waals surface area contributed by atoms with Crippen molar-refractivity contribution in [2.45, 2.75) is 0 Å². The fourth-order valence-corrected chi connectivity index (χ4v) is 1.09. The summed E-state index contributed by atoms with van der Waals surface area (Å²) in [5, 5.41) is 8.01. The van der Waals surface area contributed by atoms with Crippen LogP contribution in [0.2, 0.25) is 5.15 Å². The molecule has 0 aromatic carbocycles. The number of halogens is 1. The van der Waals surface area contributed by atoms with Crippen molar-refractivity contribution in [2.75, 3.05) is 5.73 Å². The molecule has 0 radical (unpaired) electrons. The van der Waals surface area contributed by atoms with E-state index in [1.807, 2.05) is 0 Å². The highest BCUT2D eigenvalue weighted by Crippen LogP contribution is 2.15. The smallest absolute Gasteiger partial charge is 0.184 e. The van der Waals surface area contributed by atoms with Gasteiger partial charge in [-0.1, -0.05) is 11.6 Å². The maximum atomic E-state index is 5.80. The van der Waals surface area contributed by atoms with Crippen molar-refractivity contribution in [3.8, 4) is 0 Å². The zero-order valence-corrected chi connectivity index (χ0v) is 6.28. The van der Waals surface area contributed by atoms with Crippen LogP contribution in [0.1, 0.15) is 0 Å². The Hall–Kier alpha value is -1.29. The fourth-order valence-electron chi connectivity index (χ4n) is 0.902. The van der Waals surface area contributed by atoms with Gasteiger partial charge in [0, 0.05) is 0 Å². The summed E-state index contributed by atoms with van der Waals surface area (Å²) in [6.45, 7) is 0. The number of nitrogens with two attached hydrogens (primary N) is 1. The first-order valence-corrected chi connectivity index (χ1v) is 3.40. The van der Waals surface area contributed by atoms with E-state index in [0.717, 1.165) is 0 Å². The van der Waals surface area contributed by atoms with Gasteiger partial charge in [-0.2, -0.15) is 0 Å². The Morgan fingerprint density at radius 3 is 3.00 bits per heavy atom. The molecular weight excluding hydrogens is 164 g/mol. The predicted octanol–water partition coefficient (Wildman–Crippen LogP) is 0.965. The highest BCUT2D eigenvalue weighted by atomic mass is 35.5. The van der Waals surface area contributed by atoms with E-state index in [2.05, 4.69) is 10.2 Å². The number of rotatable bonds is 0. The molecular formula is C6H5ClN4. The molecule has 2 rings (SSSR count). The number of nitrogens with zero attached hydrogens (tertiary/aromatic N) is 3. The number of anilines is 1. The molecule has 0 unspecified atom stereocenters. The monoisotopic (exact) mass is 168 g/mol. The summed E-state index contributed by atoms with van der Waals surface area (Å²) >= 11 is 5.80. The summed E-state index contributed by atoms with van der Waals surface area (Å²) in [6, 6.07) is 3.40. The summed E-state index contributed by atoms with van der Waals surface area (Å²) in [5.74, 6) is 0. The minimum Gasteiger partial charge on any atom is -0.396 e. The van der Waals surface area contributed by atoms with Crippen LogP contribution in [-0.4, -0.2) is 14.6 Å². The Labute approximate surface area is 67.6 Å². The molecule has 0 aliphatic carbocycles. The quantitative estimate of drug-likeness (QED) is 0.597. The van der Waals surface area contributed by atoms with Crippen LogP contribution >= 0.6 is 11.6 Å². The van der Waals surface area contributed by atoms with Crippen LogP contribution in [0.4, 0.5) is 5.69 Å². The van der Waals surface area contributed by atoms with E-state index in [1.165, 1.54) is 6.33 Å². The number of nitrogen functional groups attached to an aromatic ring is 1. The number of aromatic nitrogens is 3. The second kappa shape index (κ2) is 2.10. The summed E-state index contributed by atoms with van der Waals surface area (Å²) in [4.78, 5) is 0. The van der Waals surface area contributed by atoms with Crippen LogP contribution < -0.4 is 5.73 Å². The molecule has 4 nitrogen and oxygen atoms in total. The minimum absolute atomic E-state index is 0.555. The van der Waals surface area contributed by atoms with Crippen molar-refractivity contribution >= 4 is 22.9 Å². The molecule has 2 aromatic rings. The maximum absolute atomic E-state index is 5.80. The Balaban J connectivity index is 2.96. The molecule has 0 aliphatic rings. The third kappa shape index (κ3) is 0.832. The van der Waals surface area contributed by atoms with E-state index in [1.54, 1.807) is 16.5 Å². The second-order valence-corrected chi connectivity index (χ2v) is 2.52. The highest BCUT2D eigenvalue weighted by molar-refractivity contribution is 6.29. The van der Waals surface area contributed by atoms with Gasteiger partial charge in [-0.3, -0.25) is 4.40 Å². The lowest BCUT2D eigenvalue weighted by Crippen LogP contribution is -1.92. The Morgan fingerprint density at radius 1 is 1.45 bits per heavy atom. The van der Waals surface area contributed by atoms with Gasteiger partial charge >= 0.3 is 0 Å². The average Bonchev–Trinajstić information content (AvgIpc) is 2.45. The highest BCUT2D eigenvalue weighted by Gasteiger charge is 2.01. The second-order valence-electron chi connectivity index (χ2n) is 2.14. The number of fused-ring (bicyclic) bond motifs is 1. The molecule has 0 atom stereocenters. The van der Waals surface area contributed by atoms with Gasteiger partial charge in [0.15, 0.2) is 5.65 Å². The zero-order chi connectivity index (χ0) is 7.84. The molecule has 11 heavy (non-hydrogen) atoms. The lowest BCUT2D eigenvalue weighted by Gasteiger charge is -1.97. The molecule has 0 aliphatic heterocycles. The van der Waals surface area contributed by atoms with Crippen molar-refractivity contribution in [1.82, 2.24) is 14.6 Å². The molecule has 2 aromatic heterocycles. The van der Waals surface area contributed by atoms with Crippen LogP contribution in [-0.2, 0) is 0 Å². The van der Waals surface area contributed by atoms with E-state index >= 15 is 0 Å². The molecule has 0 saturated heterocycles. The maximum Gasteiger partial charge on any atom is 0.184 e. The Kier molecular flexibility index (Phi) is 1.22. The molecule has 0 fully saturated rings. The van der Waals surface area contributed by atoms with Crippen LogP contribution in [0, 0.1) is 0 Å². The van der Waals surface area contributed by atoms with Crippen LogP contribution in [0.15, 0.2) is 18.5 Å². The van der Waals surface area contributed by atoms with Crippen molar-refractivity contribution in [3.05, 3.63) is 23.6 Å². The first-order chi connectivity index (χ1) is 5.29. The number of hydrogen-bond donors (Lipinski definition) is 1. The van der Waals surface area contributed by atoms with Crippen molar-refractivity contribution in [2.24, 2.45) is 0 Å². The van der Waals surface area contributed by atoms with Gasteiger partial charge in [0.1, 0.15) is 11.5 Å². The van der Waals surface area contributed by atoms with Gasteiger partial charge in [0.05, 0.1) is 5.69 Å². The van der Waals surface area contributed by atoms with Crippen LogP contribution in [0.25, 0.3) is 5.65 Å². The van der Waals surface area contributed by atoms with E-state index in [4.69, 9.17) is 17.3 Å². The third-order valence-electron chi connectivity index (χ3n) is 1.44. The van der Waals surface area contributed by atoms with E-state index < -0.39 is 0 Å². The van der Waals surface area contributed by atoms with Gasteiger partial charge in [0.25, 0.3) is 0 Å². The number of pyridine rings is 1. The minimum atomic E-state index is 0.555. The standard InChI is InChI=1S/C6H5ClN4/c7-5-2-1-4(8)6-10-9-3-11(5)6/h1-3H,8H2. The van der Waals surface area contributed by atoms with Gasteiger partial charge in [-0.15, -0.1) is 10.2 Å². The summed E-state index contributed by atoms with van der Waals surface area (Å²) in [6.07, 6.45) is 1.52. The Morgan fingerprint density at radius 2 is 2.27 bits per heavy atom. The van der Waals surface area contributed by atoms with Crippen LogP contribution in [0.5, 0.6) is 0 Å². The van der Waals surface area contributed by atoms with Gasteiger partial charge in [0.2, 0.25) is 0 Å². The van der Waals surface area contributed by atoms with Crippen molar-refractivity contribution in [1.29, 1.82) is 0 Å². The lowest BCUT2D eigenvalue weighted by molar-refractivity contribution is 1.10. The Bertz CT molecular complexity index is 358. The molecule has 2 N–H and O–H groups in total. The van der Waals surface area contributed by atoms with Gasteiger partial charge in [-0.05, 0) is 12.1 Å². The molecule has 0 saturated carbocycles. The normalized spacial score (nSPS) is 10.6. The third-order valence-corrected chi connectivity index (χ3v) is 1.74. The first-order valence-electron chi connectivity index (χ1n) is 3.03. The fraction of sp³-hybridized carbons (Fsp3) is 0. The first kappa shape index (κ1) is 6.42. The summed E-state index contributed by atoms with van der Waals surface area (Å²) in [7, 11) is 0. The van der Waals surface area contributed by atoms with Crippen molar-refractivity contribution in [3.63, 3.8) is 0 Å². The largest absolute Gasteiger partial charge is 0.396 e. The molecule has 2 heterocycles. The topological polar surface area (TPSA) is 56.2 Å². The van der Waals surface area contributed by atoms with Crippen molar-refractivity contribution < 1.29 is 0 Å². The summed E-state index contributed by atoms with van der Waals surface area (Å²) in [5.41, 5.74) is 6.76. The lowest BCUT2D eigenvalue weighted by atomic mass is 10.4. The van der Waals surface area contributed by atoms with Gasteiger partial charge in [-0.25, -0.2) is 0 Å².